The molecule has 0 fully saturated rings. The van der Waals surface area contributed by atoms with E-state index in [0.717, 1.165) is 33.2 Å². The van der Waals surface area contributed by atoms with Gasteiger partial charge in [0.05, 0.1) is 26.2 Å². The fourth-order valence-electron chi connectivity index (χ4n) is 3.78. The van der Waals surface area contributed by atoms with Crippen molar-refractivity contribution in [3.05, 3.63) is 87.5 Å². The summed E-state index contributed by atoms with van der Waals surface area (Å²) in [5.41, 5.74) is 2.45. The topological polar surface area (TPSA) is 114 Å². The van der Waals surface area contributed by atoms with Gasteiger partial charge in [-0.1, -0.05) is 37.3 Å². The first-order chi connectivity index (χ1) is 18.3. The third-order valence-corrected chi connectivity index (χ3v) is 5.99. The van der Waals surface area contributed by atoms with Gasteiger partial charge in [0.2, 0.25) is 0 Å². The van der Waals surface area contributed by atoms with Gasteiger partial charge in [-0.05, 0) is 84.0 Å². The van der Waals surface area contributed by atoms with Crippen molar-refractivity contribution in [2.24, 2.45) is 0 Å². The van der Waals surface area contributed by atoms with E-state index < -0.39 is 17.0 Å². The number of hydrogen-bond acceptors (Lipinski definition) is 8. The summed E-state index contributed by atoms with van der Waals surface area (Å²) in [5, 5.41) is 11.3. The van der Waals surface area contributed by atoms with Crippen LogP contribution in [0.15, 0.2) is 60.7 Å². The van der Waals surface area contributed by atoms with Gasteiger partial charge in [0.1, 0.15) is 11.5 Å². The van der Waals surface area contributed by atoms with Crippen LogP contribution in [0.1, 0.15) is 49.3 Å². The van der Waals surface area contributed by atoms with E-state index in [9.17, 15) is 19.7 Å². The molecule has 9 heteroatoms. The molecule has 0 aliphatic rings. The number of esters is 2. The Bertz CT molecular complexity index is 1320. The van der Waals surface area contributed by atoms with Gasteiger partial charge < -0.3 is 19.0 Å². The van der Waals surface area contributed by atoms with Gasteiger partial charge in [0, 0.05) is 6.08 Å². The summed E-state index contributed by atoms with van der Waals surface area (Å²) in [4.78, 5) is 39.2. The summed E-state index contributed by atoms with van der Waals surface area (Å²) < 4.78 is 16.1. The lowest BCUT2D eigenvalue weighted by Gasteiger charge is -2.15. The van der Waals surface area contributed by atoms with Crippen LogP contribution >= 0.6 is 0 Å². The molecule has 0 spiro atoms. The molecule has 3 rings (SSSR count). The molecule has 0 aliphatic heterocycles. The van der Waals surface area contributed by atoms with Gasteiger partial charge >= 0.3 is 11.9 Å². The summed E-state index contributed by atoms with van der Waals surface area (Å²) in [7, 11) is 1.63. The number of carbonyl (C=O) groups is 2. The van der Waals surface area contributed by atoms with Crippen LogP contribution in [0.3, 0.4) is 0 Å². The van der Waals surface area contributed by atoms with Crippen molar-refractivity contribution >= 4 is 28.8 Å². The Morgan fingerprint density at radius 2 is 1.74 bits per heavy atom. The fraction of sp³-hybridized carbons (Fsp3) is 0.310. The van der Waals surface area contributed by atoms with Crippen LogP contribution in [0.2, 0.25) is 0 Å². The van der Waals surface area contributed by atoms with Crippen LogP contribution in [-0.4, -0.2) is 37.3 Å². The van der Waals surface area contributed by atoms with Gasteiger partial charge in [-0.25, -0.2) is 4.79 Å². The number of rotatable bonds is 13. The van der Waals surface area contributed by atoms with Crippen molar-refractivity contribution in [3.63, 3.8) is 0 Å². The molecular weight excluding hydrogens is 490 g/mol. The highest BCUT2D eigenvalue weighted by molar-refractivity contribution is 5.88. The molecule has 0 saturated carbocycles. The van der Waals surface area contributed by atoms with Crippen LogP contribution < -0.4 is 9.47 Å². The lowest BCUT2D eigenvalue weighted by Crippen LogP contribution is -2.17. The molecule has 0 saturated heterocycles. The number of carbonyl (C=O) groups excluding carboxylic acids is 2. The van der Waals surface area contributed by atoms with Crippen molar-refractivity contribution in [2.75, 3.05) is 20.3 Å². The summed E-state index contributed by atoms with van der Waals surface area (Å²) in [5.74, 6) is -0.0874. The Balaban J connectivity index is 1.58. The summed E-state index contributed by atoms with van der Waals surface area (Å²) in [6.45, 7) is 3.88. The number of hydrogen-bond donors (Lipinski definition) is 0. The first kappa shape index (κ1) is 28.2. The normalized spacial score (nSPS) is 11.8. The van der Waals surface area contributed by atoms with Crippen LogP contribution in [0, 0.1) is 10.1 Å². The molecule has 0 N–H and O–H groups in total. The lowest BCUT2D eigenvalue weighted by molar-refractivity contribution is -0.757. The summed E-state index contributed by atoms with van der Waals surface area (Å²) >= 11 is 0. The molecular formula is C29H31NO8. The minimum absolute atomic E-state index is 0.0339. The number of fused-ring (bicyclic) bond motifs is 1. The van der Waals surface area contributed by atoms with Gasteiger partial charge in [0.15, 0.2) is 0 Å². The maximum Gasteiger partial charge on any atom is 0.330 e. The minimum atomic E-state index is -0.852. The SMILES string of the molecule is CCc1cc(/C=C/C(=O)OCCCCO[N+](=O)[O-])ccc1OC(=O)C(C)c1ccc2cc(OC)ccc2c1. The smallest absolute Gasteiger partial charge is 0.330 e. The standard InChI is InChI=1S/C29H31NO8/c1-4-22-17-21(8-14-28(31)36-15-5-6-16-37-30(33)34)7-13-27(22)38-29(32)20(2)23-9-10-25-19-26(35-3)12-11-24(25)18-23/h7-14,17-20H,4-6,15-16H2,1-3H3/b14-8+. The monoisotopic (exact) mass is 521 g/mol. The van der Waals surface area contributed by atoms with E-state index >= 15 is 0 Å². The third-order valence-electron chi connectivity index (χ3n) is 5.99. The van der Waals surface area contributed by atoms with Crippen molar-refractivity contribution in [3.8, 4) is 11.5 Å². The quantitative estimate of drug-likeness (QED) is 0.0706. The molecule has 0 radical (unpaired) electrons. The van der Waals surface area contributed by atoms with Crippen molar-refractivity contribution in [1.29, 1.82) is 0 Å². The zero-order valence-electron chi connectivity index (χ0n) is 21.7. The Morgan fingerprint density at radius 1 is 1.00 bits per heavy atom. The maximum atomic E-state index is 13.0. The molecule has 0 amide bonds. The Kier molecular flexibility index (Phi) is 10.2. The summed E-state index contributed by atoms with van der Waals surface area (Å²) in [6.07, 6.45) is 4.43. The van der Waals surface area contributed by atoms with Gasteiger partial charge in [-0.2, -0.15) is 0 Å². The molecule has 9 nitrogen and oxygen atoms in total. The maximum absolute atomic E-state index is 13.0. The predicted molar refractivity (Wildman–Crippen MR) is 143 cm³/mol. The second kappa shape index (κ2) is 13.8. The zero-order chi connectivity index (χ0) is 27.5. The highest BCUT2D eigenvalue weighted by Crippen LogP contribution is 2.28. The molecule has 3 aromatic rings. The zero-order valence-corrected chi connectivity index (χ0v) is 21.7. The van der Waals surface area contributed by atoms with E-state index in [1.54, 1.807) is 25.3 Å². The highest BCUT2D eigenvalue weighted by Gasteiger charge is 2.19. The van der Waals surface area contributed by atoms with E-state index in [-0.39, 0.29) is 19.2 Å². The number of aryl methyl sites for hydroxylation is 1. The van der Waals surface area contributed by atoms with Crippen LogP contribution in [0.4, 0.5) is 0 Å². The second-order valence-corrected chi connectivity index (χ2v) is 8.60. The van der Waals surface area contributed by atoms with E-state index in [2.05, 4.69) is 4.84 Å². The second-order valence-electron chi connectivity index (χ2n) is 8.60. The van der Waals surface area contributed by atoms with E-state index in [0.29, 0.717) is 25.0 Å². The highest BCUT2D eigenvalue weighted by atomic mass is 16.9. The predicted octanol–water partition coefficient (Wildman–Crippen LogP) is 5.66. The lowest BCUT2D eigenvalue weighted by atomic mass is 9.97. The summed E-state index contributed by atoms with van der Waals surface area (Å²) in [6, 6.07) is 17.0. The van der Waals surface area contributed by atoms with E-state index in [1.807, 2.05) is 56.3 Å². The van der Waals surface area contributed by atoms with Crippen molar-refractivity contribution < 1.29 is 33.7 Å². The Hall–Kier alpha value is -4.40. The molecule has 0 aromatic heterocycles. The van der Waals surface area contributed by atoms with E-state index in [4.69, 9.17) is 14.2 Å². The number of unbranched alkanes of at least 4 members (excludes halogenated alkanes) is 1. The Labute approximate surface area is 221 Å². The van der Waals surface area contributed by atoms with Crippen molar-refractivity contribution in [1.82, 2.24) is 0 Å². The molecule has 0 bridgehead atoms. The fourth-order valence-corrected chi connectivity index (χ4v) is 3.78. The van der Waals surface area contributed by atoms with E-state index in [1.165, 1.54) is 6.08 Å². The van der Waals surface area contributed by atoms with Gasteiger partial charge in [-0.15, -0.1) is 10.1 Å². The first-order valence-corrected chi connectivity index (χ1v) is 12.3. The number of ether oxygens (including phenoxy) is 3. The number of benzene rings is 3. The number of nitrogens with zero attached hydrogens (tertiary/aromatic N) is 1. The molecule has 0 aliphatic carbocycles. The van der Waals surface area contributed by atoms with Gasteiger partial charge in [-0.3, -0.25) is 4.79 Å². The Morgan fingerprint density at radius 3 is 2.47 bits per heavy atom. The molecule has 0 heterocycles. The average molecular weight is 522 g/mol. The molecule has 38 heavy (non-hydrogen) atoms. The van der Waals surface area contributed by atoms with Crippen molar-refractivity contribution in [2.45, 2.75) is 39.0 Å². The van der Waals surface area contributed by atoms with Crippen LogP contribution in [0.25, 0.3) is 16.8 Å². The van der Waals surface area contributed by atoms with Gasteiger partial charge in [0.25, 0.3) is 5.09 Å². The molecule has 1 atom stereocenters. The minimum Gasteiger partial charge on any atom is -0.497 e. The average Bonchev–Trinajstić information content (AvgIpc) is 2.92. The number of methoxy groups -OCH3 is 1. The molecule has 1 unspecified atom stereocenters. The first-order valence-electron chi connectivity index (χ1n) is 12.3. The largest absolute Gasteiger partial charge is 0.497 e. The third kappa shape index (κ3) is 8.06. The molecule has 3 aromatic carbocycles. The molecule has 200 valence electrons. The van der Waals surface area contributed by atoms with Crippen LogP contribution in [0.5, 0.6) is 11.5 Å². The van der Waals surface area contributed by atoms with Crippen LogP contribution in [-0.2, 0) is 25.6 Å².